The number of hydrogen-bond acceptors (Lipinski definition) is 3. The maximum atomic E-state index is 12.1. The minimum Gasteiger partial charge on any atom is -0.445 e. The van der Waals surface area contributed by atoms with Crippen LogP contribution in [-0.4, -0.2) is 24.1 Å². The predicted octanol–water partition coefficient (Wildman–Crippen LogP) is 4.57. The van der Waals surface area contributed by atoms with Crippen molar-refractivity contribution in [1.29, 1.82) is 0 Å². The van der Waals surface area contributed by atoms with Gasteiger partial charge in [0.2, 0.25) is 0 Å². The lowest BCUT2D eigenvalue weighted by Crippen LogP contribution is -2.38. The minimum atomic E-state index is -0.190. The topological polar surface area (TPSA) is 29.5 Å². The van der Waals surface area contributed by atoms with Crippen molar-refractivity contribution in [3.05, 3.63) is 57.8 Å². The first-order valence-electron chi connectivity index (χ1n) is 7.73. The maximum Gasteiger partial charge on any atom is 0.410 e. The number of carbonyl (C=O) groups is 1. The van der Waals surface area contributed by atoms with E-state index in [1.165, 1.54) is 10.4 Å². The van der Waals surface area contributed by atoms with E-state index in [1.807, 2.05) is 46.6 Å². The van der Waals surface area contributed by atoms with E-state index in [1.54, 1.807) is 0 Å². The number of rotatable bonds is 3. The third-order valence-corrected chi connectivity index (χ3v) is 5.32. The number of benzene rings is 1. The van der Waals surface area contributed by atoms with E-state index in [2.05, 4.69) is 18.4 Å². The molecule has 0 N–H and O–H groups in total. The van der Waals surface area contributed by atoms with E-state index >= 15 is 0 Å². The molecule has 1 aliphatic heterocycles. The number of piperidine rings is 1. The van der Waals surface area contributed by atoms with Crippen molar-refractivity contribution < 1.29 is 9.53 Å². The molecule has 0 atom stereocenters. The second-order valence-corrected chi connectivity index (χ2v) is 6.77. The molecular formula is C18H21NO2S. The number of carbonyl (C=O) groups excluding carboxylic acids is 1. The Morgan fingerprint density at radius 2 is 2.00 bits per heavy atom. The molecule has 1 amide bonds. The van der Waals surface area contributed by atoms with Crippen LogP contribution in [0.1, 0.15) is 34.8 Å². The highest BCUT2D eigenvalue weighted by Gasteiger charge is 2.25. The lowest BCUT2D eigenvalue weighted by Gasteiger charge is -2.30. The van der Waals surface area contributed by atoms with Gasteiger partial charge in [0.15, 0.2) is 0 Å². The molecule has 0 bridgehead atoms. The normalized spacial score (nSPS) is 15.8. The monoisotopic (exact) mass is 315 g/mol. The standard InChI is InChI=1S/C18H21NO2S/c1-14-11-17(22-13-14)16-7-9-19(10-8-16)18(20)21-12-15-5-3-2-4-6-15/h2-6,11,13,16H,7-10,12H2,1H3. The lowest BCUT2D eigenvalue weighted by molar-refractivity contribution is 0.0872. The number of thiophene rings is 1. The van der Waals surface area contributed by atoms with Gasteiger partial charge in [-0.15, -0.1) is 11.3 Å². The Hall–Kier alpha value is -1.81. The van der Waals surface area contributed by atoms with Crippen molar-refractivity contribution in [2.24, 2.45) is 0 Å². The Morgan fingerprint density at radius 1 is 1.27 bits per heavy atom. The average molecular weight is 315 g/mol. The van der Waals surface area contributed by atoms with E-state index < -0.39 is 0 Å². The first kappa shape index (κ1) is 15.1. The van der Waals surface area contributed by atoms with Crippen LogP contribution >= 0.6 is 11.3 Å². The molecule has 2 heterocycles. The first-order valence-corrected chi connectivity index (χ1v) is 8.61. The van der Waals surface area contributed by atoms with Gasteiger partial charge in [-0.2, -0.15) is 0 Å². The largest absolute Gasteiger partial charge is 0.445 e. The zero-order valence-electron chi connectivity index (χ0n) is 12.8. The Balaban J connectivity index is 1.47. The molecule has 116 valence electrons. The summed E-state index contributed by atoms with van der Waals surface area (Å²) in [5.41, 5.74) is 2.37. The van der Waals surface area contributed by atoms with Crippen molar-refractivity contribution in [2.45, 2.75) is 32.3 Å². The molecule has 2 aromatic rings. The van der Waals surface area contributed by atoms with E-state index in [0.29, 0.717) is 12.5 Å². The number of hydrogen-bond donors (Lipinski definition) is 0. The summed E-state index contributed by atoms with van der Waals surface area (Å²) in [6.07, 6.45) is 1.87. The summed E-state index contributed by atoms with van der Waals surface area (Å²) in [4.78, 5) is 15.4. The number of aryl methyl sites for hydroxylation is 1. The molecule has 1 fully saturated rings. The highest BCUT2D eigenvalue weighted by Crippen LogP contribution is 2.32. The van der Waals surface area contributed by atoms with Gasteiger partial charge in [0.1, 0.15) is 6.61 Å². The maximum absolute atomic E-state index is 12.1. The van der Waals surface area contributed by atoms with Crippen molar-refractivity contribution in [3.63, 3.8) is 0 Å². The SMILES string of the molecule is Cc1csc(C2CCN(C(=O)OCc3ccccc3)CC2)c1. The van der Waals surface area contributed by atoms with Gasteiger partial charge in [-0.25, -0.2) is 4.79 Å². The Morgan fingerprint density at radius 3 is 2.64 bits per heavy atom. The van der Waals surface area contributed by atoms with Gasteiger partial charge in [0, 0.05) is 18.0 Å². The van der Waals surface area contributed by atoms with Crippen LogP contribution in [0.25, 0.3) is 0 Å². The van der Waals surface area contributed by atoms with Crippen LogP contribution < -0.4 is 0 Å². The summed E-state index contributed by atoms with van der Waals surface area (Å²) in [6.45, 7) is 4.06. The third-order valence-electron chi connectivity index (χ3n) is 4.11. The molecule has 1 aromatic carbocycles. The van der Waals surface area contributed by atoms with Crippen LogP contribution in [0.5, 0.6) is 0 Å². The summed E-state index contributed by atoms with van der Waals surface area (Å²) in [6, 6.07) is 12.1. The van der Waals surface area contributed by atoms with Gasteiger partial charge in [-0.05, 0) is 48.3 Å². The second-order valence-electron chi connectivity index (χ2n) is 5.83. The molecule has 3 nitrogen and oxygen atoms in total. The summed E-state index contributed by atoms with van der Waals surface area (Å²) < 4.78 is 5.40. The molecule has 4 heteroatoms. The van der Waals surface area contributed by atoms with E-state index in [0.717, 1.165) is 31.5 Å². The van der Waals surface area contributed by atoms with Crippen molar-refractivity contribution >= 4 is 17.4 Å². The molecule has 0 spiro atoms. The van der Waals surface area contributed by atoms with Gasteiger partial charge < -0.3 is 9.64 Å². The molecule has 0 saturated carbocycles. The molecular weight excluding hydrogens is 294 g/mol. The van der Waals surface area contributed by atoms with Crippen LogP contribution in [0.3, 0.4) is 0 Å². The Bertz CT molecular complexity index is 615. The number of amides is 1. The Kier molecular flexibility index (Phi) is 4.78. The van der Waals surface area contributed by atoms with Crippen LogP contribution in [0.2, 0.25) is 0 Å². The van der Waals surface area contributed by atoms with Gasteiger partial charge in [0.25, 0.3) is 0 Å². The van der Waals surface area contributed by atoms with Crippen LogP contribution in [0.4, 0.5) is 4.79 Å². The lowest BCUT2D eigenvalue weighted by atomic mass is 9.95. The zero-order valence-corrected chi connectivity index (χ0v) is 13.6. The summed E-state index contributed by atoms with van der Waals surface area (Å²) in [7, 11) is 0. The molecule has 0 radical (unpaired) electrons. The summed E-state index contributed by atoms with van der Waals surface area (Å²) in [5, 5.41) is 2.20. The van der Waals surface area contributed by atoms with E-state index in [-0.39, 0.29) is 6.09 Å². The third kappa shape index (κ3) is 3.69. The van der Waals surface area contributed by atoms with Crippen molar-refractivity contribution in [3.8, 4) is 0 Å². The van der Waals surface area contributed by atoms with Crippen LogP contribution in [0.15, 0.2) is 41.8 Å². The quantitative estimate of drug-likeness (QED) is 0.830. The van der Waals surface area contributed by atoms with Gasteiger partial charge in [-0.1, -0.05) is 30.3 Å². The number of ether oxygens (including phenoxy) is 1. The second kappa shape index (κ2) is 6.97. The van der Waals surface area contributed by atoms with E-state index in [4.69, 9.17) is 4.74 Å². The van der Waals surface area contributed by atoms with Gasteiger partial charge in [0.05, 0.1) is 0 Å². The molecule has 0 unspecified atom stereocenters. The number of nitrogens with zero attached hydrogens (tertiary/aromatic N) is 1. The van der Waals surface area contributed by atoms with Gasteiger partial charge >= 0.3 is 6.09 Å². The van der Waals surface area contributed by atoms with Crippen LogP contribution in [-0.2, 0) is 11.3 Å². The fraction of sp³-hybridized carbons (Fsp3) is 0.389. The molecule has 1 saturated heterocycles. The van der Waals surface area contributed by atoms with Crippen LogP contribution in [0, 0.1) is 6.92 Å². The summed E-state index contributed by atoms with van der Waals surface area (Å²) >= 11 is 1.84. The minimum absolute atomic E-state index is 0.190. The number of likely N-dealkylation sites (tertiary alicyclic amines) is 1. The van der Waals surface area contributed by atoms with E-state index in [9.17, 15) is 4.79 Å². The fourth-order valence-electron chi connectivity index (χ4n) is 2.82. The molecule has 1 aliphatic rings. The first-order chi connectivity index (χ1) is 10.7. The molecule has 3 rings (SSSR count). The highest BCUT2D eigenvalue weighted by molar-refractivity contribution is 7.10. The fourth-order valence-corrected chi connectivity index (χ4v) is 3.90. The average Bonchev–Trinajstić information content (AvgIpc) is 3.00. The summed E-state index contributed by atoms with van der Waals surface area (Å²) in [5.74, 6) is 0.594. The zero-order chi connectivity index (χ0) is 15.4. The van der Waals surface area contributed by atoms with Gasteiger partial charge in [-0.3, -0.25) is 0 Å². The van der Waals surface area contributed by atoms with Crippen molar-refractivity contribution in [2.75, 3.05) is 13.1 Å². The smallest absolute Gasteiger partial charge is 0.410 e. The van der Waals surface area contributed by atoms with Crippen molar-refractivity contribution in [1.82, 2.24) is 4.90 Å². The Labute approximate surface area is 135 Å². The molecule has 1 aromatic heterocycles. The highest BCUT2D eigenvalue weighted by atomic mass is 32.1. The predicted molar refractivity (Wildman–Crippen MR) is 89.2 cm³/mol. The molecule has 0 aliphatic carbocycles. The molecule has 22 heavy (non-hydrogen) atoms.